The first-order valence-corrected chi connectivity index (χ1v) is 10.6. The average Bonchev–Trinajstić information content (AvgIpc) is 3.41. The lowest BCUT2D eigenvalue weighted by atomic mass is 10.2. The standard InChI is InChI=1S/C19H20N4OS2/c24-17(21-15-8-4-5-9-15)13-26-19-22-16(14-6-2-1-3-7-14)12-23(19)18-20-10-11-25-18/h1-3,6-7,10-12,15H,4-5,8-9,13H2,(H,21,24). The molecular formula is C19H20N4OS2. The maximum absolute atomic E-state index is 12.3. The molecule has 5 nitrogen and oxygen atoms in total. The van der Waals surface area contributed by atoms with Gasteiger partial charge in [-0.3, -0.25) is 9.36 Å². The van der Waals surface area contributed by atoms with Gasteiger partial charge in [-0.2, -0.15) is 0 Å². The molecule has 2 aromatic heterocycles. The van der Waals surface area contributed by atoms with Gasteiger partial charge in [-0.1, -0.05) is 54.9 Å². The molecule has 0 bridgehead atoms. The topological polar surface area (TPSA) is 59.8 Å². The van der Waals surface area contributed by atoms with Gasteiger partial charge in [0.25, 0.3) is 0 Å². The molecule has 0 aliphatic heterocycles. The highest BCUT2D eigenvalue weighted by atomic mass is 32.2. The van der Waals surface area contributed by atoms with Crippen molar-refractivity contribution in [3.8, 4) is 16.4 Å². The predicted molar refractivity (Wildman–Crippen MR) is 106 cm³/mol. The Hall–Kier alpha value is -2.12. The van der Waals surface area contributed by atoms with E-state index in [1.54, 1.807) is 17.5 Å². The number of imidazole rings is 1. The van der Waals surface area contributed by atoms with Crippen LogP contribution >= 0.6 is 23.1 Å². The van der Waals surface area contributed by atoms with Gasteiger partial charge in [0.05, 0.1) is 11.4 Å². The van der Waals surface area contributed by atoms with E-state index < -0.39 is 0 Å². The number of rotatable bonds is 6. The number of thiazole rings is 1. The van der Waals surface area contributed by atoms with E-state index in [0.717, 1.165) is 34.4 Å². The summed E-state index contributed by atoms with van der Waals surface area (Å²) >= 11 is 3.02. The van der Waals surface area contributed by atoms with Crippen molar-refractivity contribution in [2.24, 2.45) is 0 Å². The van der Waals surface area contributed by atoms with Gasteiger partial charge < -0.3 is 5.32 Å². The molecule has 1 fully saturated rings. The van der Waals surface area contributed by atoms with Crippen LogP contribution in [0.15, 0.2) is 53.3 Å². The molecule has 1 saturated carbocycles. The Labute approximate surface area is 160 Å². The Morgan fingerprint density at radius 2 is 2.08 bits per heavy atom. The summed E-state index contributed by atoms with van der Waals surface area (Å²) in [7, 11) is 0. The first-order chi connectivity index (χ1) is 12.8. The fourth-order valence-corrected chi connectivity index (χ4v) is 4.61. The lowest BCUT2D eigenvalue weighted by Crippen LogP contribution is -2.33. The van der Waals surface area contributed by atoms with Crippen LogP contribution in [0.4, 0.5) is 0 Å². The Morgan fingerprint density at radius 1 is 1.27 bits per heavy atom. The highest BCUT2D eigenvalue weighted by Crippen LogP contribution is 2.28. The van der Waals surface area contributed by atoms with Gasteiger partial charge in [-0.15, -0.1) is 11.3 Å². The Balaban J connectivity index is 1.52. The summed E-state index contributed by atoms with van der Waals surface area (Å²) in [5, 5.41) is 6.73. The molecule has 3 aromatic rings. The van der Waals surface area contributed by atoms with Crippen molar-refractivity contribution in [1.29, 1.82) is 0 Å². The molecule has 26 heavy (non-hydrogen) atoms. The smallest absolute Gasteiger partial charge is 0.230 e. The molecule has 0 radical (unpaired) electrons. The monoisotopic (exact) mass is 384 g/mol. The van der Waals surface area contributed by atoms with Gasteiger partial charge >= 0.3 is 0 Å². The number of thioether (sulfide) groups is 1. The summed E-state index contributed by atoms with van der Waals surface area (Å²) in [5.41, 5.74) is 1.94. The zero-order valence-corrected chi connectivity index (χ0v) is 15.9. The largest absolute Gasteiger partial charge is 0.353 e. The Bertz CT molecular complexity index is 855. The molecule has 1 aliphatic carbocycles. The number of carbonyl (C=O) groups excluding carboxylic acids is 1. The van der Waals surface area contributed by atoms with Gasteiger partial charge in [-0.25, -0.2) is 9.97 Å². The van der Waals surface area contributed by atoms with Crippen molar-refractivity contribution in [2.45, 2.75) is 36.9 Å². The summed E-state index contributed by atoms with van der Waals surface area (Å²) in [6, 6.07) is 10.4. The van der Waals surface area contributed by atoms with Gasteiger partial charge in [0.15, 0.2) is 10.3 Å². The normalized spacial score (nSPS) is 14.6. The second kappa shape index (κ2) is 8.05. The average molecular weight is 385 g/mol. The number of nitrogens with one attached hydrogen (secondary N) is 1. The van der Waals surface area contributed by atoms with E-state index in [0.29, 0.717) is 11.8 Å². The second-order valence-corrected chi connectivity index (χ2v) is 8.11. The minimum absolute atomic E-state index is 0.0804. The van der Waals surface area contributed by atoms with Gasteiger partial charge in [0.2, 0.25) is 5.91 Å². The second-order valence-electron chi connectivity index (χ2n) is 6.30. The van der Waals surface area contributed by atoms with E-state index in [1.807, 2.05) is 46.5 Å². The number of carbonyl (C=O) groups is 1. The van der Waals surface area contributed by atoms with Crippen molar-refractivity contribution in [2.75, 3.05) is 5.75 Å². The Kier molecular flexibility index (Phi) is 5.36. The molecule has 7 heteroatoms. The van der Waals surface area contributed by atoms with Crippen molar-refractivity contribution in [1.82, 2.24) is 19.9 Å². The van der Waals surface area contributed by atoms with E-state index in [1.165, 1.54) is 24.6 Å². The molecule has 1 amide bonds. The third kappa shape index (κ3) is 3.99. The highest BCUT2D eigenvalue weighted by Gasteiger charge is 2.19. The van der Waals surface area contributed by atoms with Crippen molar-refractivity contribution < 1.29 is 4.79 Å². The van der Waals surface area contributed by atoms with E-state index in [2.05, 4.69) is 10.3 Å². The SMILES string of the molecule is O=C(CSc1nc(-c2ccccc2)cn1-c1nccs1)NC1CCCC1. The number of hydrogen-bond donors (Lipinski definition) is 1. The van der Waals surface area contributed by atoms with Crippen LogP contribution in [0.5, 0.6) is 0 Å². The van der Waals surface area contributed by atoms with Crippen molar-refractivity contribution in [3.05, 3.63) is 48.1 Å². The van der Waals surface area contributed by atoms with Gasteiger partial charge in [-0.05, 0) is 12.8 Å². The zero-order valence-electron chi connectivity index (χ0n) is 14.3. The molecule has 4 rings (SSSR count). The minimum atomic E-state index is 0.0804. The predicted octanol–water partition coefficient (Wildman–Crippen LogP) is 4.15. The highest BCUT2D eigenvalue weighted by molar-refractivity contribution is 7.99. The molecule has 0 spiro atoms. The van der Waals surface area contributed by atoms with Crippen LogP contribution < -0.4 is 5.32 Å². The van der Waals surface area contributed by atoms with Crippen LogP contribution in [-0.2, 0) is 4.79 Å². The Morgan fingerprint density at radius 3 is 2.81 bits per heavy atom. The summed E-state index contributed by atoms with van der Waals surface area (Å²) < 4.78 is 1.97. The number of hydrogen-bond acceptors (Lipinski definition) is 5. The fourth-order valence-electron chi connectivity index (χ4n) is 3.15. The van der Waals surface area contributed by atoms with Crippen LogP contribution in [0.25, 0.3) is 16.4 Å². The van der Waals surface area contributed by atoms with Crippen LogP contribution in [0.1, 0.15) is 25.7 Å². The van der Waals surface area contributed by atoms with Gasteiger partial charge in [0.1, 0.15) is 0 Å². The molecule has 0 saturated heterocycles. The van der Waals surface area contributed by atoms with Crippen molar-refractivity contribution in [3.63, 3.8) is 0 Å². The summed E-state index contributed by atoms with van der Waals surface area (Å²) in [6.45, 7) is 0. The van der Waals surface area contributed by atoms with E-state index in [9.17, 15) is 4.79 Å². The molecule has 2 heterocycles. The number of amides is 1. The van der Waals surface area contributed by atoms with Crippen LogP contribution in [0.3, 0.4) is 0 Å². The number of nitrogens with zero attached hydrogens (tertiary/aromatic N) is 3. The van der Waals surface area contributed by atoms with E-state index in [4.69, 9.17) is 4.98 Å². The van der Waals surface area contributed by atoms with Crippen LogP contribution in [-0.4, -0.2) is 32.2 Å². The van der Waals surface area contributed by atoms with Crippen molar-refractivity contribution >= 4 is 29.0 Å². The summed E-state index contributed by atoms with van der Waals surface area (Å²) in [4.78, 5) is 21.4. The third-order valence-electron chi connectivity index (χ3n) is 4.42. The zero-order chi connectivity index (χ0) is 17.8. The van der Waals surface area contributed by atoms with Gasteiger partial charge in [0, 0.05) is 29.4 Å². The van der Waals surface area contributed by atoms with E-state index in [-0.39, 0.29) is 5.91 Å². The molecule has 0 atom stereocenters. The third-order valence-corrected chi connectivity index (χ3v) is 6.14. The fraction of sp³-hybridized carbons (Fsp3) is 0.316. The maximum Gasteiger partial charge on any atom is 0.230 e. The lowest BCUT2D eigenvalue weighted by molar-refractivity contribution is -0.119. The number of aromatic nitrogens is 3. The maximum atomic E-state index is 12.3. The molecule has 0 unspecified atom stereocenters. The summed E-state index contributed by atoms with van der Waals surface area (Å²) in [6.07, 6.45) is 8.40. The first-order valence-electron chi connectivity index (χ1n) is 8.76. The molecule has 1 N–H and O–H groups in total. The molecular weight excluding hydrogens is 364 g/mol. The van der Waals surface area contributed by atoms with Crippen LogP contribution in [0.2, 0.25) is 0 Å². The first kappa shape index (κ1) is 17.3. The molecule has 1 aliphatic rings. The molecule has 1 aromatic carbocycles. The minimum Gasteiger partial charge on any atom is -0.353 e. The number of benzene rings is 1. The molecule has 134 valence electrons. The quantitative estimate of drug-likeness (QED) is 0.649. The van der Waals surface area contributed by atoms with E-state index >= 15 is 0 Å². The van der Waals surface area contributed by atoms with Crippen LogP contribution in [0, 0.1) is 0 Å². The summed E-state index contributed by atoms with van der Waals surface area (Å²) in [5.74, 6) is 0.449. The lowest BCUT2D eigenvalue weighted by Gasteiger charge is -2.11.